The highest BCUT2D eigenvalue weighted by atomic mass is 32.1. The molecule has 0 saturated carbocycles. The number of hydrogen-bond donors (Lipinski definition) is 1. The number of nitrogens with one attached hydrogen (secondary N) is 1. The molecule has 1 amide bonds. The molecule has 0 spiro atoms. The van der Waals surface area contributed by atoms with E-state index in [1.807, 2.05) is 49.7 Å². The zero-order valence-electron chi connectivity index (χ0n) is 15.0. The Hall–Kier alpha value is -3.25. The van der Waals surface area contributed by atoms with Crippen LogP contribution in [0.3, 0.4) is 0 Å². The molecule has 6 heteroatoms. The maximum absolute atomic E-state index is 12.3. The lowest BCUT2D eigenvalue weighted by atomic mass is 10.0. The van der Waals surface area contributed by atoms with Gasteiger partial charge in [0.2, 0.25) is 0 Å². The number of hydrogen-bond acceptors (Lipinski definition) is 4. The number of aryl methyl sites for hydroxylation is 2. The van der Waals surface area contributed by atoms with Crippen molar-refractivity contribution in [1.82, 2.24) is 14.8 Å². The van der Waals surface area contributed by atoms with E-state index >= 15 is 0 Å². The van der Waals surface area contributed by atoms with Gasteiger partial charge in [-0.2, -0.15) is 5.10 Å². The topological polar surface area (TPSA) is 59.8 Å². The predicted octanol–water partition coefficient (Wildman–Crippen LogP) is 4.77. The van der Waals surface area contributed by atoms with Crippen molar-refractivity contribution in [2.45, 2.75) is 6.92 Å². The first-order valence-corrected chi connectivity index (χ1v) is 9.41. The molecule has 0 atom stereocenters. The fourth-order valence-corrected chi connectivity index (χ4v) is 3.48. The number of aromatic nitrogens is 3. The second kappa shape index (κ2) is 7.17. The van der Waals surface area contributed by atoms with Crippen LogP contribution in [-0.2, 0) is 7.05 Å². The minimum atomic E-state index is -0.251. The van der Waals surface area contributed by atoms with Gasteiger partial charge in [-0.3, -0.25) is 14.8 Å². The molecule has 0 saturated heterocycles. The Balaban J connectivity index is 1.50. The van der Waals surface area contributed by atoms with Gasteiger partial charge in [-0.15, -0.1) is 11.3 Å². The molecule has 1 N–H and O–H groups in total. The van der Waals surface area contributed by atoms with E-state index in [1.54, 1.807) is 10.7 Å². The van der Waals surface area contributed by atoms with Crippen molar-refractivity contribution in [2.75, 3.05) is 5.32 Å². The molecule has 2 aromatic carbocycles. The van der Waals surface area contributed by atoms with Crippen molar-refractivity contribution in [3.63, 3.8) is 0 Å². The van der Waals surface area contributed by atoms with E-state index in [0.29, 0.717) is 10.8 Å². The highest BCUT2D eigenvalue weighted by Crippen LogP contribution is 2.27. The molecule has 2 heterocycles. The maximum Gasteiger partial charge on any atom is 0.277 e. The summed E-state index contributed by atoms with van der Waals surface area (Å²) in [4.78, 5) is 16.8. The van der Waals surface area contributed by atoms with Crippen LogP contribution in [0.5, 0.6) is 0 Å². The van der Waals surface area contributed by atoms with E-state index in [4.69, 9.17) is 0 Å². The summed E-state index contributed by atoms with van der Waals surface area (Å²) in [6.45, 7) is 1.91. The zero-order chi connectivity index (χ0) is 18.8. The molecule has 5 nitrogen and oxygen atoms in total. The minimum absolute atomic E-state index is 0.251. The van der Waals surface area contributed by atoms with Gasteiger partial charge in [-0.25, -0.2) is 4.98 Å². The van der Waals surface area contributed by atoms with Gasteiger partial charge in [0, 0.05) is 23.7 Å². The van der Waals surface area contributed by atoms with E-state index in [-0.39, 0.29) is 5.91 Å². The molecule has 0 unspecified atom stereocenters. The summed E-state index contributed by atoms with van der Waals surface area (Å²) in [5.74, 6) is -0.251. The van der Waals surface area contributed by atoms with Crippen LogP contribution >= 0.6 is 11.3 Å². The van der Waals surface area contributed by atoms with Crippen molar-refractivity contribution < 1.29 is 4.79 Å². The Labute approximate surface area is 161 Å². The summed E-state index contributed by atoms with van der Waals surface area (Å²) in [5.41, 5.74) is 5.51. The van der Waals surface area contributed by atoms with Gasteiger partial charge in [0.15, 0.2) is 10.8 Å². The van der Waals surface area contributed by atoms with Crippen molar-refractivity contribution >= 4 is 22.4 Å². The number of anilines is 1. The fraction of sp³-hybridized carbons (Fsp3) is 0.0952. The second-order valence-electron chi connectivity index (χ2n) is 6.23. The lowest BCUT2D eigenvalue weighted by Gasteiger charge is -2.03. The Morgan fingerprint density at radius 2 is 1.67 bits per heavy atom. The maximum atomic E-state index is 12.3. The van der Waals surface area contributed by atoms with Gasteiger partial charge in [-0.05, 0) is 24.1 Å². The first kappa shape index (κ1) is 17.2. The van der Waals surface area contributed by atoms with Crippen LogP contribution in [0.1, 0.15) is 16.2 Å². The highest BCUT2D eigenvalue weighted by Gasteiger charge is 2.13. The first-order chi connectivity index (χ1) is 13.1. The number of carbonyl (C=O) groups is 1. The van der Waals surface area contributed by atoms with Crippen molar-refractivity contribution in [1.29, 1.82) is 0 Å². The molecule has 4 aromatic rings. The predicted molar refractivity (Wildman–Crippen MR) is 109 cm³/mol. The molecule has 0 bridgehead atoms. The van der Waals surface area contributed by atoms with Crippen molar-refractivity contribution in [3.05, 3.63) is 77.4 Å². The fourth-order valence-electron chi connectivity index (χ4n) is 2.76. The summed E-state index contributed by atoms with van der Waals surface area (Å²) in [7, 11) is 1.81. The number of benzene rings is 2. The normalized spacial score (nSPS) is 10.7. The molecule has 0 radical (unpaired) electrons. The summed E-state index contributed by atoms with van der Waals surface area (Å²) in [5, 5.41) is 9.51. The molecule has 0 aliphatic heterocycles. The van der Waals surface area contributed by atoms with Gasteiger partial charge in [0.25, 0.3) is 5.91 Å². The quantitative estimate of drug-likeness (QED) is 0.560. The molecule has 2 aromatic heterocycles. The van der Waals surface area contributed by atoms with Crippen molar-refractivity contribution in [3.8, 4) is 22.4 Å². The lowest BCUT2D eigenvalue weighted by Crippen LogP contribution is -2.12. The van der Waals surface area contributed by atoms with Crippen LogP contribution in [0.15, 0.2) is 66.0 Å². The summed E-state index contributed by atoms with van der Waals surface area (Å²) >= 11 is 1.40. The molecule has 0 aliphatic carbocycles. The van der Waals surface area contributed by atoms with Crippen LogP contribution < -0.4 is 5.32 Å². The number of amides is 1. The van der Waals surface area contributed by atoms with Crippen molar-refractivity contribution in [2.24, 2.45) is 7.05 Å². The summed E-state index contributed by atoms with van der Waals surface area (Å²) in [6.07, 6.45) is 0. The Kier molecular flexibility index (Phi) is 4.56. The van der Waals surface area contributed by atoms with E-state index in [9.17, 15) is 4.79 Å². The minimum Gasteiger partial charge on any atom is -0.296 e. The van der Waals surface area contributed by atoms with Gasteiger partial charge in [-0.1, -0.05) is 54.6 Å². The standard InChI is InChI=1S/C21H18N4OS/c1-14-12-18(24-25(14)2)20(26)23-21-22-19(13-27-21)17-10-8-16(9-11-17)15-6-4-3-5-7-15/h3-13H,1-2H3,(H,22,23,26). The largest absolute Gasteiger partial charge is 0.296 e. The molecule has 27 heavy (non-hydrogen) atoms. The van der Waals surface area contributed by atoms with E-state index in [0.717, 1.165) is 22.5 Å². The number of nitrogens with zero attached hydrogens (tertiary/aromatic N) is 3. The molecule has 0 aliphatic rings. The SMILES string of the molecule is Cc1cc(C(=O)Nc2nc(-c3ccc(-c4ccccc4)cc3)cs2)nn1C. The summed E-state index contributed by atoms with van der Waals surface area (Å²) in [6, 6.07) is 20.3. The smallest absolute Gasteiger partial charge is 0.277 e. The molecule has 134 valence electrons. The van der Waals surface area contributed by atoms with Gasteiger partial charge < -0.3 is 0 Å². The second-order valence-corrected chi connectivity index (χ2v) is 7.09. The Morgan fingerprint density at radius 3 is 2.33 bits per heavy atom. The van der Waals surface area contributed by atoms with E-state index in [1.165, 1.54) is 16.9 Å². The number of rotatable bonds is 4. The third kappa shape index (κ3) is 3.66. The third-order valence-corrected chi connectivity index (χ3v) is 5.12. The average Bonchev–Trinajstić information content (AvgIpc) is 3.29. The van der Waals surface area contributed by atoms with Crippen LogP contribution in [0.2, 0.25) is 0 Å². The van der Waals surface area contributed by atoms with Gasteiger partial charge in [0.1, 0.15) is 0 Å². The lowest BCUT2D eigenvalue weighted by molar-refractivity contribution is 0.102. The molecule has 4 rings (SSSR count). The molecular formula is C21H18N4OS. The number of carbonyl (C=O) groups excluding carboxylic acids is 1. The van der Waals surface area contributed by atoms with Crippen LogP contribution in [0, 0.1) is 6.92 Å². The third-order valence-electron chi connectivity index (χ3n) is 4.36. The average molecular weight is 374 g/mol. The highest BCUT2D eigenvalue weighted by molar-refractivity contribution is 7.14. The Bertz CT molecular complexity index is 1060. The Morgan fingerprint density at radius 1 is 1.00 bits per heavy atom. The zero-order valence-corrected chi connectivity index (χ0v) is 15.8. The number of thiazole rings is 1. The van der Waals surface area contributed by atoms with Crippen LogP contribution in [0.4, 0.5) is 5.13 Å². The molecular weight excluding hydrogens is 356 g/mol. The summed E-state index contributed by atoms with van der Waals surface area (Å²) < 4.78 is 1.68. The molecule has 0 fully saturated rings. The van der Waals surface area contributed by atoms with E-state index < -0.39 is 0 Å². The first-order valence-electron chi connectivity index (χ1n) is 8.53. The monoisotopic (exact) mass is 374 g/mol. The van der Waals surface area contributed by atoms with Gasteiger partial charge >= 0.3 is 0 Å². The van der Waals surface area contributed by atoms with E-state index in [2.05, 4.69) is 39.7 Å². The van der Waals surface area contributed by atoms with Crippen LogP contribution in [-0.4, -0.2) is 20.7 Å². The van der Waals surface area contributed by atoms with Crippen LogP contribution in [0.25, 0.3) is 22.4 Å². The van der Waals surface area contributed by atoms with Gasteiger partial charge in [0.05, 0.1) is 5.69 Å².